The van der Waals surface area contributed by atoms with E-state index in [-0.39, 0.29) is 6.61 Å². The molecule has 0 aliphatic heterocycles. The molecule has 1 heterocycles. The molecular weight excluding hydrogens is 200 g/mol. The Kier molecular flexibility index (Phi) is 4.72. The summed E-state index contributed by atoms with van der Waals surface area (Å²) < 4.78 is 0. The van der Waals surface area contributed by atoms with Gasteiger partial charge in [-0.3, -0.25) is 0 Å². The second-order valence-electron chi connectivity index (χ2n) is 2.77. The zero-order valence-electron chi connectivity index (χ0n) is 7.97. The molecular formula is C9H14N2O2S. The molecule has 0 saturated heterocycles. The van der Waals surface area contributed by atoms with E-state index >= 15 is 0 Å². The van der Waals surface area contributed by atoms with Crippen LogP contribution >= 0.6 is 11.8 Å². The Balaban J connectivity index is 2.50. The first-order valence-corrected chi connectivity index (χ1v) is 5.30. The summed E-state index contributed by atoms with van der Waals surface area (Å²) in [7, 11) is 1.80. The molecule has 1 aromatic heterocycles. The van der Waals surface area contributed by atoms with E-state index in [1.54, 1.807) is 13.2 Å². The van der Waals surface area contributed by atoms with Gasteiger partial charge in [-0.15, -0.1) is 11.8 Å². The molecule has 0 aromatic carbocycles. The van der Waals surface area contributed by atoms with Gasteiger partial charge in [-0.05, 0) is 12.1 Å². The van der Waals surface area contributed by atoms with Crippen molar-refractivity contribution in [1.82, 2.24) is 4.98 Å². The van der Waals surface area contributed by atoms with Gasteiger partial charge in [-0.2, -0.15) is 0 Å². The van der Waals surface area contributed by atoms with E-state index in [0.29, 0.717) is 5.75 Å². The Hall–Kier alpha value is -0.780. The monoisotopic (exact) mass is 214 g/mol. The van der Waals surface area contributed by atoms with E-state index in [1.165, 1.54) is 11.8 Å². The van der Waals surface area contributed by atoms with Gasteiger partial charge in [0.05, 0.1) is 12.7 Å². The van der Waals surface area contributed by atoms with Crippen LogP contribution in [0.4, 0.5) is 5.82 Å². The number of nitrogens with one attached hydrogen (secondary N) is 1. The molecule has 0 spiro atoms. The minimum Gasteiger partial charge on any atom is -0.394 e. The predicted octanol–water partition coefficient (Wildman–Crippen LogP) is 0.569. The van der Waals surface area contributed by atoms with E-state index in [4.69, 9.17) is 10.2 Å². The van der Waals surface area contributed by atoms with Crippen molar-refractivity contribution in [1.29, 1.82) is 0 Å². The highest BCUT2D eigenvalue weighted by molar-refractivity contribution is 7.99. The SMILES string of the molecule is CNc1cc(SCC(O)CO)ccn1. The standard InChI is InChI=1S/C9H14N2O2S/c1-10-9-4-8(2-3-11-9)14-6-7(13)5-12/h2-4,7,12-13H,5-6H2,1H3,(H,10,11). The van der Waals surface area contributed by atoms with Gasteiger partial charge in [0.1, 0.15) is 5.82 Å². The molecule has 5 heteroatoms. The fraction of sp³-hybridized carbons (Fsp3) is 0.444. The Morgan fingerprint density at radius 2 is 2.43 bits per heavy atom. The maximum absolute atomic E-state index is 9.14. The molecule has 1 atom stereocenters. The molecule has 1 rings (SSSR count). The van der Waals surface area contributed by atoms with Gasteiger partial charge in [-0.1, -0.05) is 0 Å². The van der Waals surface area contributed by atoms with Gasteiger partial charge in [0.25, 0.3) is 0 Å². The number of hydrogen-bond donors (Lipinski definition) is 3. The summed E-state index contributed by atoms with van der Waals surface area (Å²) >= 11 is 1.49. The first kappa shape index (κ1) is 11.3. The van der Waals surface area contributed by atoms with Crippen LogP contribution in [-0.4, -0.2) is 40.7 Å². The lowest BCUT2D eigenvalue weighted by Crippen LogP contribution is -2.14. The summed E-state index contributed by atoms with van der Waals surface area (Å²) in [5.41, 5.74) is 0. The number of anilines is 1. The van der Waals surface area contributed by atoms with Crippen LogP contribution < -0.4 is 5.32 Å². The summed E-state index contributed by atoms with van der Waals surface area (Å²) in [5.74, 6) is 1.29. The van der Waals surface area contributed by atoms with Crippen molar-refractivity contribution in [2.24, 2.45) is 0 Å². The normalized spacial score (nSPS) is 12.5. The molecule has 78 valence electrons. The van der Waals surface area contributed by atoms with Crippen molar-refractivity contribution in [3.8, 4) is 0 Å². The van der Waals surface area contributed by atoms with Crippen LogP contribution in [0.1, 0.15) is 0 Å². The molecule has 1 aromatic rings. The van der Waals surface area contributed by atoms with Crippen LogP contribution in [0.25, 0.3) is 0 Å². The molecule has 0 saturated carbocycles. The van der Waals surface area contributed by atoms with Gasteiger partial charge in [0.15, 0.2) is 0 Å². The lowest BCUT2D eigenvalue weighted by Gasteiger charge is -2.07. The molecule has 0 fully saturated rings. The predicted molar refractivity (Wildman–Crippen MR) is 57.6 cm³/mol. The average Bonchev–Trinajstić information content (AvgIpc) is 2.26. The first-order chi connectivity index (χ1) is 6.76. The Morgan fingerprint density at radius 3 is 3.07 bits per heavy atom. The van der Waals surface area contributed by atoms with Gasteiger partial charge in [0, 0.05) is 23.9 Å². The summed E-state index contributed by atoms with van der Waals surface area (Å²) in [4.78, 5) is 5.09. The third-order valence-corrected chi connectivity index (χ3v) is 2.78. The zero-order valence-corrected chi connectivity index (χ0v) is 8.79. The highest BCUT2D eigenvalue weighted by atomic mass is 32.2. The Labute approximate surface area is 87.4 Å². The molecule has 4 nitrogen and oxygen atoms in total. The minimum absolute atomic E-state index is 0.197. The number of aliphatic hydroxyl groups excluding tert-OH is 2. The van der Waals surface area contributed by atoms with Crippen LogP contribution in [0.2, 0.25) is 0 Å². The number of aromatic nitrogens is 1. The van der Waals surface area contributed by atoms with E-state index in [0.717, 1.165) is 10.7 Å². The van der Waals surface area contributed by atoms with Crippen LogP contribution in [0.15, 0.2) is 23.2 Å². The fourth-order valence-electron chi connectivity index (χ4n) is 0.883. The maximum atomic E-state index is 9.14. The van der Waals surface area contributed by atoms with Crippen LogP contribution in [-0.2, 0) is 0 Å². The molecule has 14 heavy (non-hydrogen) atoms. The minimum atomic E-state index is -0.661. The molecule has 0 amide bonds. The molecule has 3 N–H and O–H groups in total. The molecule has 0 aliphatic carbocycles. The van der Waals surface area contributed by atoms with Crippen molar-refractivity contribution >= 4 is 17.6 Å². The van der Waals surface area contributed by atoms with Crippen molar-refractivity contribution in [3.63, 3.8) is 0 Å². The lowest BCUT2D eigenvalue weighted by molar-refractivity contribution is 0.113. The number of thioether (sulfide) groups is 1. The van der Waals surface area contributed by atoms with Crippen LogP contribution in [0.3, 0.4) is 0 Å². The zero-order chi connectivity index (χ0) is 10.4. The Morgan fingerprint density at radius 1 is 1.64 bits per heavy atom. The third kappa shape index (κ3) is 3.53. The average molecular weight is 214 g/mol. The number of hydrogen-bond acceptors (Lipinski definition) is 5. The van der Waals surface area contributed by atoms with Gasteiger partial charge in [0.2, 0.25) is 0 Å². The molecule has 0 bridgehead atoms. The highest BCUT2D eigenvalue weighted by Crippen LogP contribution is 2.20. The second kappa shape index (κ2) is 5.85. The quantitative estimate of drug-likeness (QED) is 0.625. The van der Waals surface area contributed by atoms with Crippen molar-refractivity contribution < 1.29 is 10.2 Å². The summed E-state index contributed by atoms with van der Waals surface area (Å²) in [6, 6.07) is 3.77. The molecule has 0 radical (unpaired) electrons. The topological polar surface area (TPSA) is 65.4 Å². The first-order valence-electron chi connectivity index (χ1n) is 4.31. The van der Waals surface area contributed by atoms with Crippen molar-refractivity contribution in [2.75, 3.05) is 24.7 Å². The summed E-state index contributed by atoms with van der Waals surface area (Å²) in [6.07, 6.45) is 1.05. The van der Waals surface area contributed by atoms with Crippen LogP contribution in [0.5, 0.6) is 0 Å². The van der Waals surface area contributed by atoms with Gasteiger partial charge in [-0.25, -0.2) is 4.98 Å². The number of nitrogens with zero attached hydrogens (tertiary/aromatic N) is 1. The number of aliphatic hydroxyl groups is 2. The maximum Gasteiger partial charge on any atom is 0.126 e. The number of rotatable bonds is 5. The van der Waals surface area contributed by atoms with E-state index in [9.17, 15) is 0 Å². The molecule has 0 aliphatic rings. The van der Waals surface area contributed by atoms with Crippen molar-refractivity contribution in [2.45, 2.75) is 11.0 Å². The van der Waals surface area contributed by atoms with Crippen molar-refractivity contribution in [3.05, 3.63) is 18.3 Å². The summed E-state index contributed by atoms with van der Waals surface area (Å²) in [6.45, 7) is -0.197. The van der Waals surface area contributed by atoms with E-state index < -0.39 is 6.10 Å². The summed E-state index contributed by atoms with van der Waals surface area (Å²) in [5, 5.41) is 20.7. The fourth-order valence-corrected chi connectivity index (χ4v) is 1.73. The van der Waals surface area contributed by atoms with Gasteiger partial charge >= 0.3 is 0 Å². The lowest BCUT2D eigenvalue weighted by atomic mass is 10.4. The largest absolute Gasteiger partial charge is 0.394 e. The second-order valence-corrected chi connectivity index (χ2v) is 3.87. The number of pyridine rings is 1. The third-order valence-electron chi connectivity index (χ3n) is 1.64. The van der Waals surface area contributed by atoms with E-state index in [1.807, 2.05) is 12.1 Å². The molecule has 1 unspecified atom stereocenters. The van der Waals surface area contributed by atoms with E-state index in [2.05, 4.69) is 10.3 Å². The highest BCUT2D eigenvalue weighted by Gasteiger charge is 2.03. The smallest absolute Gasteiger partial charge is 0.126 e. The Bertz CT molecular complexity index is 283. The van der Waals surface area contributed by atoms with Crippen LogP contribution in [0, 0.1) is 0 Å². The van der Waals surface area contributed by atoms with Gasteiger partial charge < -0.3 is 15.5 Å².